The lowest BCUT2D eigenvalue weighted by Crippen LogP contribution is -2.40. The summed E-state index contributed by atoms with van der Waals surface area (Å²) in [4.78, 5) is 23.3. The van der Waals surface area contributed by atoms with E-state index in [2.05, 4.69) is 11.2 Å². The number of rotatable bonds is 6. The van der Waals surface area contributed by atoms with Crippen molar-refractivity contribution >= 4 is 21.9 Å². The van der Waals surface area contributed by atoms with Crippen molar-refractivity contribution in [2.24, 2.45) is 0 Å². The zero-order valence-corrected chi connectivity index (χ0v) is 14.3. The first-order valence-corrected chi connectivity index (χ1v) is 8.94. The summed E-state index contributed by atoms with van der Waals surface area (Å²) in [6.45, 7) is 0.868. The number of sulfonamides is 1. The number of morpholine rings is 1. The first-order valence-electron chi connectivity index (χ1n) is 7.50. The fraction of sp³-hybridized carbons (Fsp3) is 0.375. The highest BCUT2D eigenvalue weighted by Gasteiger charge is 2.26. The third kappa shape index (κ3) is 5.03. The van der Waals surface area contributed by atoms with Crippen molar-refractivity contribution in [3.05, 3.63) is 29.8 Å². The molecule has 1 N–H and O–H groups in total. The molecule has 1 saturated heterocycles. The molecule has 1 aliphatic rings. The number of carbonyl (C=O) groups excluding carboxylic acids is 2. The van der Waals surface area contributed by atoms with Crippen LogP contribution in [0, 0.1) is 12.3 Å². The summed E-state index contributed by atoms with van der Waals surface area (Å²) in [7, 11) is -3.62. The van der Waals surface area contributed by atoms with Crippen LogP contribution in [0.5, 0.6) is 0 Å². The Kier molecular flexibility index (Phi) is 6.52. The van der Waals surface area contributed by atoms with Crippen LogP contribution >= 0.6 is 0 Å². The van der Waals surface area contributed by atoms with Crippen LogP contribution in [0.1, 0.15) is 10.4 Å². The van der Waals surface area contributed by atoms with Crippen LogP contribution in [-0.2, 0) is 24.3 Å². The summed E-state index contributed by atoms with van der Waals surface area (Å²) in [5, 5.41) is 2.36. The van der Waals surface area contributed by atoms with Crippen molar-refractivity contribution in [1.29, 1.82) is 0 Å². The highest BCUT2D eigenvalue weighted by atomic mass is 32.2. The predicted molar refractivity (Wildman–Crippen MR) is 88.1 cm³/mol. The van der Waals surface area contributed by atoms with E-state index in [-0.39, 0.29) is 17.0 Å². The molecule has 9 heteroatoms. The second-order valence-corrected chi connectivity index (χ2v) is 7.04. The minimum absolute atomic E-state index is 0.0461. The maximum absolute atomic E-state index is 12.5. The van der Waals surface area contributed by atoms with Crippen LogP contribution in [0.3, 0.4) is 0 Å². The van der Waals surface area contributed by atoms with Crippen molar-refractivity contribution in [2.45, 2.75) is 4.90 Å². The lowest BCUT2D eigenvalue weighted by molar-refractivity contribution is -0.123. The molecule has 1 heterocycles. The molecule has 1 aliphatic heterocycles. The Labute approximate surface area is 146 Å². The molecule has 0 atom stereocenters. The van der Waals surface area contributed by atoms with Crippen LogP contribution in [-0.4, -0.2) is 64.1 Å². The van der Waals surface area contributed by atoms with Crippen molar-refractivity contribution in [1.82, 2.24) is 9.62 Å². The molecule has 8 nitrogen and oxygen atoms in total. The van der Waals surface area contributed by atoms with Crippen molar-refractivity contribution < 1.29 is 27.5 Å². The molecule has 2 rings (SSSR count). The number of nitrogens with zero attached hydrogens (tertiary/aromatic N) is 1. The van der Waals surface area contributed by atoms with Gasteiger partial charge in [-0.15, -0.1) is 6.42 Å². The average Bonchev–Trinajstić information content (AvgIpc) is 2.65. The first kappa shape index (κ1) is 18.9. The van der Waals surface area contributed by atoms with Crippen LogP contribution in [0.25, 0.3) is 0 Å². The Bertz CT molecular complexity index is 761. The third-order valence-corrected chi connectivity index (χ3v) is 5.33. The number of ether oxygens (including phenoxy) is 2. The number of hydrogen-bond acceptors (Lipinski definition) is 6. The molecule has 1 aromatic carbocycles. The Hall–Kier alpha value is -2.41. The van der Waals surface area contributed by atoms with Crippen molar-refractivity contribution in [3.63, 3.8) is 0 Å². The normalized spacial score (nSPS) is 15.2. The van der Waals surface area contributed by atoms with Crippen LogP contribution in [0.15, 0.2) is 29.2 Å². The Morgan fingerprint density at radius 1 is 1.24 bits per heavy atom. The summed E-state index contributed by atoms with van der Waals surface area (Å²) in [6, 6.07) is 5.35. The van der Waals surface area contributed by atoms with E-state index in [1.807, 2.05) is 0 Å². The van der Waals surface area contributed by atoms with E-state index in [0.717, 1.165) is 0 Å². The minimum atomic E-state index is -3.62. The van der Waals surface area contributed by atoms with Crippen LogP contribution in [0.4, 0.5) is 0 Å². The van der Waals surface area contributed by atoms with Crippen LogP contribution < -0.4 is 5.32 Å². The van der Waals surface area contributed by atoms with Gasteiger partial charge in [0.1, 0.15) is 0 Å². The molecule has 0 saturated carbocycles. The van der Waals surface area contributed by atoms with Gasteiger partial charge in [0, 0.05) is 13.1 Å². The summed E-state index contributed by atoms with van der Waals surface area (Å²) < 4.78 is 36.2. The van der Waals surface area contributed by atoms with E-state index < -0.39 is 28.5 Å². The van der Waals surface area contributed by atoms with Crippen LogP contribution in [0.2, 0.25) is 0 Å². The van der Waals surface area contributed by atoms with E-state index in [9.17, 15) is 18.0 Å². The summed E-state index contributed by atoms with van der Waals surface area (Å²) in [6.07, 6.45) is 4.99. The average molecular weight is 366 g/mol. The molecule has 0 aliphatic carbocycles. The van der Waals surface area contributed by atoms with Gasteiger partial charge in [0.15, 0.2) is 6.61 Å². The van der Waals surface area contributed by atoms with Gasteiger partial charge in [0.2, 0.25) is 10.0 Å². The van der Waals surface area contributed by atoms with Gasteiger partial charge >= 0.3 is 5.97 Å². The number of carbonyl (C=O) groups is 2. The molecular weight excluding hydrogens is 348 g/mol. The minimum Gasteiger partial charge on any atom is -0.452 e. The van der Waals surface area contributed by atoms with Gasteiger partial charge in [0.25, 0.3) is 5.91 Å². The molecule has 1 fully saturated rings. The molecule has 0 spiro atoms. The number of amides is 1. The zero-order chi connectivity index (χ0) is 18.3. The molecular formula is C16H18N2O6S. The standard InChI is InChI=1S/C16H18N2O6S/c1-2-7-17-15(19)12-24-16(20)13-3-5-14(6-4-13)25(21,22)18-8-10-23-11-9-18/h1,3-6H,7-12H2,(H,17,19). The maximum atomic E-state index is 12.5. The fourth-order valence-electron chi connectivity index (χ4n) is 2.11. The second-order valence-electron chi connectivity index (χ2n) is 5.10. The topological polar surface area (TPSA) is 102 Å². The highest BCUT2D eigenvalue weighted by Crippen LogP contribution is 2.18. The van der Waals surface area contributed by atoms with Gasteiger partial charge in [-0.2, -0.15) is 4.31 Å². The van der Waals surface area contributed by atoms with Gasteiger partial charge in [-0.1, -0.05) is 5.92 Å². The molecule has 134 valence electrons. The zero-order valence-electron chi connectivity index (χ0n) is 13.4. The maximum Gasteiger partial charge on any atom is 0.338 e. The predicted octanol–water partition coefficient (Wildman–Crippen LogP) is -0.386. The molecule has 0 bridgehead atoms. The van der Waals surface area contributed by atoms with Gasteiger partial charge in [0.05, 0.1) is 30.2 Å². The molecule has 0 radical (unpaired) electrons. The van der Waals surface area contributed by atoms with E-state index in [4.69, 9.17) is 15.9 Å². The van der Waals surface area contributed by atoms with E-state index >= 15 is 0 Å². The van der Waals surface area contributed by atoms with Gasteiger partial charge in [-0.05, 0) is 24.3 Å². The van der Waals surface area contributed by atoms with Crippen molar-refractivity contribution in [2.75, 3.05) is 39.5 Å². The third-order valence-electron chi connectivity index (χ3n) is 3.42. The van der Waals surface area contributed by atoms with Gasteiger partial charge in [-0.25, -0.2) is 13.2 Å². The smallest absolute Gasteiger partial charge is 0.338 e. The lowest BCUT2D eigenvalue weighted by atomic mass is 10.2. The Morgan fingerprint density at radius 2 is 1.88 bits per heavy atom. The number of esters is 1. The highest BCUT2D eigenvalue weighted by molar-refractivity contribution is 7.89. The Balaban J connectivity index is 1.98. The molecule has 0 unspecified atom stereocenters. The number of nitrogens with one attached hydrogen (secondary N) is 1. The van der Waals surface area contributed by atoms with E-state index in [1.54, 1.807) is 0 Å². The monoisotopic (exact) mass is 366 g/mol. The molecule has 1 aromatic rings. The summed E-state index contributed by atoms with van der Waals surface area (Å²) in [5.74, 6) is 0.978. The molecule has 25 heavy (non-hydrogen) atoms. The SMILES string of the molecule is C#CCNC(=O)COC(=O)c1ccc(S(=O)(=O)N2CCOCC2)cc1. The van der Waals surface area contributed by atoms with Gasteiger partial charge in [-0.3, -0.25) is 4.79 Å². The first-order chi connectivity index (χ1) is 11.9. The van der Waals surface area contributed by atoms with E-state index in [0.29, 0.717) is 26.3 Å². The molecule has 1 amide bonds. The Morgan fingerprint density at radius 3 is 2.48 bits per heavy atom. The largest absolute Gasteiger partial charge is 0.452 e. The fourth-order valence-corrected chi connectivity index (χ4v) is 3.52. The van der Waals surface area contributed by atoms with Crippen molar-refractivity contribution in [3.8, 4) is 12.3 Å². The number of terminal acetylenes is 1. The number of benzene rings is 1. The second kappa shape index (κ2) is 8.62. The van der Waals surface area contributed by atoms with Gasteiger partial charge < -0.3 is 14.8 Å². The quantitative estimate of drug-likeness (QED) is 0.544. The molecule has 0 aromatic heterocycles. The lowest BCUT2D eigenvalue weighted by Gasteiger charge is -2.26. The number of hydrogen-bond donors (Lipinski definition) is 1. The van der Waals surface area contributed by atoms with E-state index in [1.165, 1.54) is 28.6 Å². The summed E-state index contributed by atoms with van der Waals surface area (Å²) in [5.41, 5.74) is 0.144. The summed E-state index contributed by atoms with van der Waals surface area (Å²) >= 11 is 0.